The van der Waals surface area contributed by atoms with Crippen molar-refractivity contribution in [3.63, 3.8) is 0 Å². The van der Waals surface area contributed by atoms with Crippen LogP contribution in [0.15, 0.2) is 18.2 Å². The fraction of sp³-hybridized carbons (Fsp3) is 0.600. The normalized spacial score (nSPS) is 18.6. The highest BCUT2D eigenvalue weighted by atomic mass is 19.1. The van der Waals surface area contributed by atoms with Gasteiger partial charge in [0, 0.05) is 6.04 Å². The van der Waals surface area contributed by atoms with Crippen molar-refractivity contribution in [2.75, 3.05) is 6.61 Å². The summed E-state index contributed by atoms with van der Waals surface area (Å²) >= 11 is 0. The van der Waals surface area contributed by atoms with E-state index in [0.717, 1.165) is 0 Å². The Kier molecular flexibility index (Phi) is 4.59. The molecule has 0 amide bonds. The first-order valence-corrected chi connectivity index (χ1v) is 6.82. The van der Waals surface area contributed by atoms with Crippen LogP contribution in [0.1, 0.15) is 37.7 Å². The lowest BCUT2D eigenvalue weighted by Gasteiger charge is -2.27. The van der Waals surface area contributed by atoms with Gasteiger partial charge in [0.25, 0.3) is 0 Å². The maximum absolute atomic E-state index is 13.7. The Balaban J connectivity index is 1.88. The Morgan fingerprint density at radius 3 is 2.78 bits per heavy atom. The largest absolute Gasteiger partial charge is 0.489 e. The van der Waals surface area contributed by atoms with Gasteiger partial charge >= 0.3 is 0 Å². The van der Waals surface area contributed by atoms with E-state index in [-0.39, 0.29) is 11.9 Å². The third-order valence-electron chi connectivity index (χ3n) is 3.84. The van der Waals surface area contributed by atoms with E-state index in [9.17, 15) is 4.39 Å². The number of halogens is 1. The molecular formula is C15H22FNO. The van der Waals surface area contributed by atoms with Crippen LogP contribution in [0.2, 0.25) is 0 Å². The molecule has 1 saturated carbocycles. The summed E-state index contributed by atoms with van der Waals surface area (Å²) in [7, 11) is 0. The van der Waals surface area contributed by atoms with E-state index < -0.39 is 0 Å². The molecule has 18 heavy (non-hydrogen) atoms. The first kappa shape index (κ1) is 13.3. The molecule has 1 aliphatic rings. The number of ether oxygens (including phenoxy) is 1. The van der Waals surface area contributed by atoms with Crippen molar-refractivity contribution >= 4 is 0 Å². The van der Waals surface area contributed by atoms with Gasteiger partial charge in [0.1, 0.15) is 6.61 Å². The van der Waals surface area contributed by atoms with Crippen molar-refractivity contribution in [1.29, 1.82) is 0 Å². The van der Waals surface area contributed by atoms with E-state index >= 15 is 0 Å². The summed E-state index contributed by atoms with van der Waals surface area (Å²) in [5, 5.41) is 0. The van der Waals surface area contributed by atoms with Gasteiger partial charge in [-0.3, -0.25) is 0 Å². The molecule has 1 atom stereocenters. The summed E-state index contributed by atoms with van der Waals surface area (Å²) in [6, 6.07) is 5.23. The van der Waals surface area contributed by atoms with Crippen LogP contribution in [-0.4, -0.2) is 12.6 Å². The van der Waals surface area contributed by atoms with Crippen LogP contribution < -0.4 is 10.5 Å². The molecule has 1 aromatic carbocycles. The predicted octanol–water partition coefficient (Wildman–Crippen LogP) is 3.42. The van der Waals surface area contributed by atoms with E-state index in [4.69, 9.17) is 10.5 Å². The van der Waals surface area contributed by atoms with Gasteiger partial charge < -0.3 is 10.5 Å². The van der Waals surface area contributed by atoms with E-state index in [1.54, 1.807) is 25.1 Å². The lowest BCUT2D eigenvalue weighted by atomic mass is 9.84. The molecule has 0 saturated heterocycles. The summed E-state index contributed by atoms with van der Waals surface area (Å²) in [5.74, 6) is 0.584. The Bertz CT molecular complexity index is 388. The lowest BCUT2D eigenvalue weighted by molar-refractivity contribution is 0.208. The first-order valence-electron chi connectivity index (χ1n) is 6.82. The van der Waals surface area contributed by atoms with Gasteiger partial charge in [0.05, 0.1) is 0 Å². The molecule has 1 aromatic rings. The Hall–Kier alpha value is -1.09. The van der Waals surface area contributed by atoms with E-state index in [0.29, 0.717) is 23.8 Å². The molecule has 0 radical (unpaired) electrons. The summed E-state index contributed by atoms with van der Waals surface area (Å²) in [5.41, 5.74) is 6.75. The van der Waals surface area contributed by atoms with Crippen LogP contribution in [0.4, 0.5) is 4.39 Å². The van der Waals surface area contributed by atoms with E-state index in [1.807, 2.05) is 0 Å². The van der Waals surface area contributed by atoms with E-state index in [2.05, 4.69) is 0 Å². The lowest BCUT2D eigenvalue weighted by Crippen LogP contribution is -2.37. The van der Waals surface area contributed by atoms with Gasteiger partial charge in [-0.25, -0.2) is 4.39 Å². The second kappa shape index (κ2) is 6.19. The number of nitrogens with two attached hydrogens (primary N) is 1. The minimum absolute atomic E-state index is 0.0187. The Labute approximate surface area is 108 Å². The zero-order chi connectivity index (χ0) is 13.0. The highest BCUT2D eigenvalue weighted by Crippen LogP contribution is 2.26. The number of benzene rings is 1. The maximum Gasteiger partial charge on any atom is 0.167 e. The molecule has 0 heterocycles. The highest BCUT2D eigenvalue weighted by molar-refractivity contribution is 5.30. The molecule has 2 N–H and O–H groups in total. The van der Waals surface area contributed by atoms with Crippen molar-refractivity contribution in [2.45, 2.75) is 45.1 Å². The standard InChI is InChI=1S/C15H22FNO/c1-11-6-5-9-14(15(11)16)18-10-13(17)12-7-3-2-4-8-12/h5-6,9,12-13H,2-4,7-8,10,17H2,1H3. The Morgan fingerprint density at radius 2 is 2.06 bits per heavy atom. The molecule has 3 heteroatoms. The Morgan fingerprint density at radius 1 is 1.33 bits per heavy atom. The van der Waals surface area contributed by atoms with Gasteiger partial charge in [0.2, 0.25) is 0 Å². The highest BCUT2D eigenvalue weighted by Gasteiger charge is 2.21. The fourth-order valence-electron chi connectivity index (χ4n) is 2.62. The summed E-state index contributed by atoms with van der Waals surface area (Å²) < 4.78 is 19.3. The first-order chi connectivity index (χ1) is 8.68. The molecule has 2 nitrogen and oxygen atoms in total. The van der Waals surface area contributed by atoms with Crippen LogP contribution in [0.5, 0.6) is 5.75 Å². The summed E-state index contributed by atoms with van der Waals surface area (Å²) in [6.07, 6.45) is 6.20. The SMILES string of the molecule is Cc1cccc(OCC(N)C2CCCCC2)c1F. The molecule has 1 aliphatic carbocycles. The van der Waals surface area contributed by atoms with Gasteiger partial charge in [0.15, 0.2) is 11.6 Å². The van der Waals surface area contributed by atoms with Gasteiger partial charge in [-0.1, -0.05) is 31.4 Å². The number of aryl methyl sites for hydroxylation is 1. The summed E-state index contributed by atoms with van der Waals surface area (Å²) in [4.78, 5) is 0. The van der Waals surface area contributed by atoms with Crippen LogP contribution in [0.3, 0.4) is 0 Å². The van der Waals surface area contributed by atoms with Gasteiger partial charge in [-0.2, -0.15) is 0 Å². The van der Waals surface area contributed by atoms with Crippen LogP contribution in [0.25, 0.3) is 0 Å². The topological polar surface area (TPSA) is 35.2 Å². The zero-order valence-corrected chi connectivity index (χ0v) is 11.0. The van der Waals surface area contributed by atoms with Crippen molar-refractivity contribution in [3.05, 3.63) is 29.6 Å². The minimum atomic E-state index is -0.270. The predicted molar refractivity (Wildman–Crippen MR) is 71.2 cm³/mol. The van der Waals surface area contributed by atoms with Crippen LogP contribution in [0, 0.1) is 18.7 Å². The molecule has 1 fully saturated rings. The van der Waals surface area contributed by atoms with Crippen LogP contribution >= 0.6 is 0 Å². The third kappa shape index (κ3) is 3.22. The van der Waals surface area contributed by atoms with Gasteiger partial charge in [-0.15, -0.1) is 0 Å². The molecule has 0 aromatic heterocycles. The van der Waals surface area contributed by atoms with Crippen molar-refractivity contribution in [2.24, 2.45) is 11.7 Å². The number of rotatable bonds is 4. The second-order valence-corrected chi connectivity index (χ2v) is 5.26. The number of hydrogen-bond acceptors (Lipinski definition) is 2. The average molecular weight is 251 g/mol. The summed E-state index contributed by atoms with van der Waals surface area (Å²) in [6.45, 7) is 2.15. The third-order valence-corrected chi connectivity index (χ3v) is 3.84. The molecule has 2 rings (SSSR count). The fourth-order valence-corrected chi connectivity index (χ4v) is 2.62. The quantitative estimate of drug-likeness (QED) is 0.890. The van der Waals surface area contributed by atoms with Crippen LogP contribution in [-0.2, 0) is 0 Å². The van der Waals surface area contributed by atoms with Crippen molar-refractivity contribution in [3.8, 4) is 5.75 Å². The molecular weight excluding hydrogens is 229 g/mol. The molecule has 0 aliphatic heterocycles. The molecule has 1 unspecified atom stereocenters. The molecule has 100 valence electrons. The molecule has 0 spiro atoms. The monoisotopic (exact) mass is 251 g/mol. The molecule has 0 bridgehead atoms. The second-order valence-electron chi connectivity index (χ2n) is 5.26. The van der Waals surface area contributed by atoms with E-state index in [1.165, 1.54) is 32.1 Å². The zero-order valence-electron chi connectivity index (χ0n) is 11.0. The van der Waals surface area contributed by atoms with Gasteiger partial charge in [-0.05, 0) is 37.3 Å². The minimum Gasteiger partial charge on any atom is -0.489 e. The smallest absolute Gasteiger partial charge is 0.167 e. The average Bonchev–Trinajstić information content (AvgIpc) is 2.41. The van der Waals surface area contributed by atoms with Crippen molar-refractivity contribution in [1.82, 2.24) is 0 Å². The maximum atomic E-state index is 13.7. The van der Waals surface area contributed by atoms with Crippen molar-refractivity contribution < 1.29 is 9.13 Å². The number of hydrogen-bond donors (Lipinski definition) is 1.